The molecule has 4 aromatic rings. The molecule has 0 saturated carbocycles. The predicted molar refractivity (Wildman–Crippen MR) is 168 cm³/mol. The van der Waals surface area contributed by atoms with Gasteiger partial charge in [0.1, 0.15) is 23.8 Å². The van der Waals surface area contributed by atoms with Gasteiger partial charge in [0, 0.05) is 36.3 Å². The van der Waals surface area contributed by atoms with Gasteiger partial charge in [0.25, 0.3) is 11.8 Å². The van der Waals surface area contributed by atoms with Crippen LogP contribution in [-0.4, -0.2) is 45.8 Å². The van der Waals surface area contributed by atoms with E-state index < -0.39 is 6.36 Å². The van der Waals surface area contributed by atoms with E-state index in [0.717, 1.165) is 29.7 Å². The zero-order valence-electron chi connectivity index (χ0n) is 26.3. The highest BCUT2D eigenvalue weighted by atomic mass is 19.4. The third-order valence-electron chi connectivity index (χ3n) is 7.95. The maximum atomic E-state index is 13.6. The highest BCUT2D eigenvalue weighted by Gasteiger charge is 2.34. The molecule has 0 radical (unpaired) electrons. The van der Waals surface area contributed by atoms with Crippen molar-refractivity contribution in [2.24, 2.45) is 0 Å². The van der Waals surface area contributed by atoms with E-state index in [2.05, 4.69) is 20.4 Å². The number of phenols is 1. The van der Waals surface area contributed by atoms with Crippen LogP contribution in [0.25, 0.3) is 0 Å². The minimum absolute atomic E-state index is 0.0572. The number of hydrogen-bond donors (Lipinski definition) is 3. The van der Waals surface area contributed by atoms with E-state index in [9.17, 15) is 27.9 Å². The van der Waals surface area contributed by atoms with Crippen molar-refractivity contribution in [2.45, 2.75) is 71.1 Å². The Morgan fingerprint density at radius 1 is 1.09 bits per heavy atom. The van der Waals surface area contributed by atoms with Crippen LogP contribution >= 0.6 is 0 Å². The number of phenolic OH excluding ortho intramolecular Hbond substituents is 1. The molecule has 1 fully saturated rings. The van der Waals surface area contributed by atoms with E-state index in [-0.39, 0.29) is 48.0 Å². The number of halogens is 3. The number of alkyl halides is 3. The molecule has 1 saturated heterocycles. The molecule has 3 aromatic carbocycles. The molecule has 1 aliphatic rings. The third kappa shape index (κ3) is 8.91. The zero-order chi connectivity index (χ0) is 33.7. The van der Waals surface area contributed by atoms with Gasteiger partial charge in [-0.25, -0.2) is 4.98 Å². The number of oxazole rings is 1. The van der Waals surface area contributed by atoms with Gasteiger partial charge in [-0.3, -0.25) is 9.59 Å². The van der Waals surface area contributed by atoms with E-state index in [0.29, 0.717) is 35.5 Å². The van der Waals surface area contributed by atoms with Crippen LogP contribution in [0.2, 0.25) is 0 Å². The second kappa shape index (κ2) is 14.3. The number of carbonyl (C=O) groups is 2. The van der Waals surface area contributed by atoms with Gasteiger partial charge in [0.2, 0.25) is 5.89 Å². The predicted octanol–water partition coefficient (Wildman–Crippen LogP) is 6.91. The number of benzene rings is 3. The molecule has 12 heteroatoms. The quantitative estimate of drug-likeness (QED) is 0.162. The lowest BCUT2D eigenvalue weighted by Crippen LogP contribution is -2.36. The first kappa shape index (κ1) is 33.5. The van der Waals surface area contributed by atoms with E-state index in [1.54, 1.807) is 47.6 Å². The first-order chi connectivity index (χ1) is 22.3. The van der Waals surface area contributed by atoms with Crippen LogP contribution in [-0.2, 0) is 6.54 Å². The van der Waals surface area contributed by atoms with Crippen molar-refractivity contribution in [1.82, 2.24) is 20.5 Å². The molecule has 47 heavy (non-hydrogen) atoms. The number of likely N-dealkylation sites (tertiary alicyclic amines) is 1. The Morgan fingerprint density at radius 3 is 2.57 bits per heavy atom. The lowest BCUT2D eigenvalue weighted by molar-refractivity contribution is -0.274. The maximum absolute atomic E-state index is 13.6. The lowest BCUT2D eigenvalue weighted by atomic mass is 9.98. The monoisotopic (exact) mass is 650 g/mol. The number of nitrogens with zero attached hydrogens (tertiary/aromatic N) is 2. The Kier molecular flexibility index (Phi) is 10.2. The van der Waals surface area contributed by atoms with Crippen LogP contribution in [0.15, 0.2) is 77.4 Å². The summed E-state index contributed by atoms with van der Waals surface area (Å²) in [5, 5.41) is 16.5. The number of rotatable bonds is 11. The number of amides is 2. The molecule has 0 bridgehead atoms. The molecule has 248 valence electrons. The summed E-state index contributed by atoms with van der Waals surface area (Å²) in [6, 6.07) is 16.4. The molecule has 3 N–H and O–H groups in total. The van der Waals surface area contributed by atoms with Crippen LogP contribution in [0.4, 0.5) is 13.2 Å². The average Bonchev–Trinajstić information content (AvgIpc) is 3.67. The third-order valence-corrected chi connectivity index (χ3v) is 7.95. The van der Waals surface area contributed by atoms with Gasteiger partial charge in [0.15, 0.2) is 0 Å². The summed E-state index contributed by atoms with van der Waals surface area (Å²) >= 11 is 0. The fraction of sp³-hybridized carbons (Fsp3) is 0.343. The van der Waals surface area contributed by atoms with E-state index >= 15 is 0 Å². The molecule has 0 aliphatic carbocycles. The molecular formula is C35H37F3N4O5. The van der Waals surface area contributed by atoms with E-state index in [4.69, 9.17) is 4.42 Å². The molecule has 0 spiro atoms. The van der Waals surface area contributed by atoms with Crippen molar-refractivity contribution in [2.75, 3.05) is 6.54 Å². The number of ether oxygens (including phenoxy) is 1. The Bertz CT molecular complexity index is 1720. The Labute approximate surface area is 270 Å². The van der Waals surface area contributed by atoms with Crippen molar-refractivity contribution < 1.29 is 37.0 Å². The van der Waals surface area contributed by atoms with Crippen molar-refractivity contribution in [3.8, 4) is 11.5 Å². The van der Waals surface area contributed by atoms with Crippen molar-refractivity contribution in [3.05, 3.63) is 112 Å². The highest BCUT2D eigenvalue weighted by Crippen LogP contribution is 2.33. The van der Waals surface area contributed by atoms with Crippen molar-refractivity contribution in [1.29, 1.82) is 0 Å². The van der Waals surface area contributed by atoms with Crippen LogP contribution in [0.1, 0.15) is 87.3 Å². The Hall–Kier alpha value is -4.84. The molecule has 1 aliphatic heterocycles. The summed E-state index contributed by atoms with van der Waals surface area (Å²) in [5.41, 5.74) is 3.53. The van der Waals surface area contributed by atoms with Crippen LogP contribution in [0.5, 0.6) is 11.5 Å². The van der Waals surface area contributed by atoms with Gasteiger partial charge in [-0.2, -0.15) is 0 Å². The summed E-state index contributed by atoms with van der Waals surface area (Å²) in [7, 11) is 0. The number of aryl methyl sites for hydroxylation is 2. The lowest BCUT2D eigenvalue weighted by Gasteiger charge is -2.25. The Balaban J connectivity index is 1.27. The zero-order valence-corrected chi connectivity index (χ0v) is 26.3. The maximum Gasteiger partial charge on any atom is 0.573 e. The number of aromatic nitrogens is 1. The minimum atomic E-state index is -4.80. The summed E-state index contributed by atoms with van der Waals surface area (Å²) < 4.78 is 47.8. The van der Waals surface area contributed by atoms with Gasteiger partial charge in [0.05, 0.1) is 5.69 Å². The number of aromatic hydroxyl groups is 1. The summed E-state index contributed by atoms with van der Waals surface area (Å²) in [4.78, 5) is 33.3. The van der Waals surface area contributed by atoms with Crippen LogP contribution < -0.4 is 15.4 Å². The fourth-order valence-electron chi connectivity index (χ4n) is 5.89. The number of carbonyl (C=O) groups excluding carboxylic acids is 2. The van der Waals surface area contributed by atoms with Crippen LogP contribution in [0, 0.1) is 13.8 Å². The summed E-state index contributed by atoms with van der Waals surface area (Å²) in [5.74, 6) is -0.322. The van der Waals surface area contributed by atoms with Crippen molar-refractivity contribution in [3.63, 3.8) is 0 Å². The van der Waals surface area contributed by atoms with Gasteiger partial charge in [-0.05, 0) is 99.2 Å². The second-order valence-corrected chi connectivity index (χ2v) is 11.9. The normalized spacial score (nSPS) is 16.1. The average molecular weight is 651 g/mol. The molecule has 2 amide bonds. The molecule has 3 atom stereocenters. The molecular weight excluding hydrogens is 613 g/mol. The first-order valence-corrected chi connectivity index (χ1v) is 15.4. The summed E-state index contributed by atoms with van der Waals surface area (Å²) in [6.07, 6.45) is -1.30. The topological polar surface area (TPSA) is 117 Å². The minimum Gasteiger partial charge on any atom is -0.508 e. The second-order valence-electron chi connectivity index (χ2n) is 11.9. The fourth-order valence-corrected chi connectivity index (χ4v) is 5.89. The summed E-state index contributed by atoms with van der Waals surface area (Å²) in [6.45, 7) is 6.25. The van der Waals surface area contributed by atoms with Crippen LogP contribution in [0.3, 0.4) is 0 Å². The number of hydrogen-bond acceptors (Lipinski definition) is 7. The largest absolute Gasteiger partial charge is 0.573 e. The molecule has 5 rings (SSSR count). The van der Waals surface area contributed by atoms with Gasteiger partial charge in [-0.15, -0.1) is 13.2 Å². The molecule has 1 unspecified atom stereocenters. The van der Waals surface area contributed by atoms with Gasteiger partial charge < -0.3 is 29.8 Å². The van der Waals surface area contributed by atoms with Gasteiger partial charge in [-0.1, -0.05) is 24.3 Å². The first-order valence-electron chi connectivity index (χ1n) is 15.4. The smallest absolute Gasteiger partial charge is 0.508 e. The molecule has 2 heterocycles. The van der Waals surface area contributed by atoms with E-state index in [1.165, 1.54) is 24.3 Å². The standard InChI is InChI=1S/C35H37F3N4O5/c1-21-13-26(17-27(14-21)34(45)42-12-6-11-31(42)33-41-23(3)20-46-33)32(44)40-22(2)15-30(25-8-5-9-28(43)18-25)39-19-24-7-4-10-29(16-24)47-35(36,37)38/h4-5,7-10,13-14,16-18,20,22,30-31,39,43H,6,11-12,15,19H2,1-3H3,(H,40,44)/t22-,30?,31+/m0/s1. The van der Waals surface area contributed by atoms with Gasteiger partial charge >= 0.3 is 6.36 Å². The van der Waals surface area contributed by atoms with E-state index in [1.807, 2.05) is 26.8 Å². The highest BCUT2D eigenvalue weighted by molar-refractivity contribution is 6.00. The molecule has 9 nitrogen and oxygen atoms in total. The van der Waals surface area contributed by atoms with Crippen molar-refractivity contribution >= 4 is 11.8 Å². The SMILES string of the molecule is Cc1cc(C(=O)N[C@@H](C)CC(NCc2cccc(OC(F)(F)F)c2)c2cccc(O)c2)cc(C(=O)N2CCC[C@@H]2c2nc(C)co2)c1. The molecule has 1 aromatic heterocycles. The number of nitrogens with one attached hydrogen (secondary N) is 2. The Morgan fingerprint density at radius 2 is 1.85 bits per heavy atom.